The van der Waals surface area contributed by atoms with E-state index in [2.05, 4.69) is 0 Å². The molecule has 22 heavy (non-hydrogen) atoms. The Morgan fingerprint density at radius 3 is 2.77 bits per heavy atom. The lowest BCUT2D eigenvalue weighted by molar-refractivity contribution is 0.0527. The van der Waals surface area contributed by atoms with Crippen LogP contribution in [0, 0.1) is 0 Å². The second-order valence-corrected chi connectivity index (χ2v) is 6.19. The van der Waals surface area contributed by atoms with E-state index in [1.807, 2.05) is 39.0 Å². The first-order chi connectivity index (χ1) is 10.3. The highest BCUT2D eigenvalue weighted by Crippen LogP contribution is 2.27. The Morgan fingerprint density at radius 2 is 2.05 bits per heavy atom. The molecule has 1 aliphatic heterocycles. The molecule has 0 atom stereocenters. The lowest BCUT2D eigenvalue weighted by Crippen LogP contribution is -2.27. The fraction of sp³-hybridized carbons (Fsp3) is 0.294. The highest BCUT2D eigenvalue weighted by atomic mass is 16.6. The molecule has 0 aliphatic carbocycles. The number of ether oxygens (including phenoxy) is 2. The van der Waals surface area contributed by atoms with Gasteiger partial charge in [-0.3, -0.25) is 4.57 Å². The van der Waals surface area contributed by atoms with E-state index in [1.54, 1.807) is 18.3 Å². The van der Waals surface area contributed by atoms with E-state index >= 15 is 0 Å². The Labute approximate surface area is 128 Å². The second-order valence-electron chi connectivity index (χ2n) is 6.19. The van der Waals surface area contributed by atoms with Crippen LogP contribution in [0.1, 0.15) is 36.7 Å². The quantitative estimate of drug-likeness (QED) is 0.755. The van der Waals surface area contributed by atoms with Crippen molar-refractivity contribution in [2.24, 2.45) is 0 Å². The molecule has 5 heteroatoms. The fourth-order valence-electron chi connectivity index (χ4n) is 2.38. The third-order valence-electron chi connectivity index (χ3n) is 3.32. The van der Waals surface area contributed by atoms with Crippen LogP contribution >= 0.6 is 0 Å². The van der Waals surface area contributed by atoms with Crippen LogP contribution in [0.25, 0.3) is 11.3 Å². The smallest absolute Gasteiger partial charge is 0.418 e. The molecule has 5 nitrogen and oxygen atoms in total. The molecule has 0 amide bonds. The summed E-state index contributed by atoms with van der Waals surface area (Å²) in [5.74, 6) is -0.302. The maximum Gasteiger partial charge on any atom is 0.418 e. The first-order valence-corrected chi connectivity index (χ1v) is 7.06. The molecule has 3 rings (SSSR count). The number of carbonyl (C=O) groups is 2. The second kappa shape index (κ2) is 5.02. The van der Waals surface area contributed by atoms with Gasteiger partial charge in [-0.05, 0) is 50.6 Å². The summed E-state index contributed by atoms with van der Waals surface area (Å²) in [6.45, 7) is 5.75. The Balaban J connectivity index is 1.96. The first-order valence-electron chi connectivity index (χ1n) is 7.06. The van der Waals surface area contributed by atoms with Crippen LogP contribution in [0.2, 0.25) is 0 Å². The van der Waals surface area contributed by atoms with Crippen LogP contribution < -0.4 is 0 Å². The normalized spacial score (nSPS) is 13.7. The Hall–Kier alpha value is -2.56. The lowest BCUT2D eigenvalue weighted by atomic mass is 10.0. The number of nitrogens with zero attached hydrogens (tertiary/aromatic N) is 1. The molecule has 1 aromatic carbocycles. The minimum Gasteiger partial charge on any atom is -0.457 e. The SMILES string of the molecule is CC(C)(C)OC(=O)n1cccc1-c1ccc2c(c1)COC2=O. The minimum atomic E-state index is -0.559. The zero-order valence-electron chi connectivity index (χ0n) is 12.8. The summed E-state index contributed by atoms with van der Waals surface area (Å²) >= 11 is 0. The number of fused-ring (bicyclic) bond motifs is 1. The van der Waals surface area contributed by atoms with Gasteiger partial charge in [0.2, 0.25) is 0 Å². The summed E-state index contributed by atoms with van der Waals surface area (Å²) in [6.07, 6.45) is 1.23. The molecule has 0 spiro atoms. The van der Waals surface area contributed by atoms with Crippen LogP contribution in [-0.2, 0) is 16.1 Å². The molecule has 114 valence electrons. The zero-order valence-corrected chi connectivity index (χ0v) is 12.8. The predicted octanol–water partition coefficient (Wildman–Crippen LogP) is 3.61. The number of hydrogen-bond donors (Lipinski definition) is 0. The van der Waals surface area contributed by atoms with E-state index in [-0.39, 0.29) is 12.6 Å². The average Bonchev–Trinajstić information content (AvgIpc) is 3.04. The van der Waals surface area contributed by atoms with Gasteiger partial charge in [0.05, 0.1) is 11.3 Å². The molecule has 0 unspecified atom stereocenters. The van der Waals surface area contributed by atoms with E-state index in [9.17, 15) is 9.59 Å². The van der Waals surface area contributed by atoms with Gasteiger partial charge < -0.3 is 9.47 Å². The summed E-state index contributed by atoms with van der Waals surface area (Å²) in [6, 6.07) is 9.03. The van der Waals surface area contributed by atoms with Crippen molar-refractivity contribution >= 4 is 12.1 Å². The molecular formula is C17H17NO4. The van der Waals surface area contributed by atoms with Crippen LogP contribution in [0.5, 0.6) is 0 Å². The molecule has 1 aromatic heterocycles. The van der Waals surface area contributed by atoms with Crippen molar-refractivity contribution in [1.82, 2.24) is 4.57 Å². The van der Waals surface area contributed by atoms with Gasteiger partial charge in [-0.15, -0.1) is 0 Å². The van der Waals surface area contributed by atoms with E-state index in [1.165, 1.54) is 4.57 Å². The number of carbonyl (C=O) groups excluding carboxylic acids is 2. The largest absolute Gasteiger partial charge is 0.457 e. The molecule has 0 saturated heterocycles. The van der Waals surface area contributed by atoms with Gasteiger partial charge in [-0.2, -0.15) is 0 Å². The number of benzene rings is 1. The zero-order chi connectivity index (χ0) is 15.9. The molecule has 1 aliphatic rings. The first kappa shape index (κ1) is 14.4. The number of hydrogen-bond acceptors (Lipinski definition) is 4. The van der Waals surface area contributed by atoms with E-state index in [0.717, 1.165) is 16.8 Å². The van der Waals surface area contributed by atoms with Gasteiger partial charge in [0.25, 0.3) is 0 Å². The van der Waals surface area contributed by atoms with Crippen molar-refractivity contribution in [3.05, 3.63) is 47.7 Å². The van der Waals surface area contributed by atoms with Gasteiger partial charge in [0.1, 0.15) is 12.2 Å². The van der Waals surface area contributed by atoms with Crippen molar-refractivity contribution in [3.63, 3.8) is 0 Å². The summed E-state index contributed by atoms with van der Waals surface area (Å²) < 4.78 is 11.9. The molecular weight excluding hydrogens is 282 g/mol. The van der Waals surface area contributed by atoms with Crippen LogP contribution in [0.3, 0.4) is 0 Å². The average molecular weight is 299 g/mol. The van der Waals surface area contributed by atoms with Crippen LogP contribution in [0.4, 0.5) is 4.79 Å². The lowest BCUT2D eigenvalue weighted by Gasteiger charge is -2.20. The molecule has 0 bridgehead atoms. The molecule has 2 heterocycles. The highest BCUT2D eigenvalue weighted by Gasteiger charge is 2.23. The summed E-state index contributed by atoms with van der Waals surface area (Å²) in [4.78, 5) is 23.8. The van der Waals surface area contributed by atoms with Crippen molar-refractivity contribution in [2.75, 3.05) is 0 Å². The van der Waals surface area contributed by atoms with E-state index in [4.69, 9.17) is 9.47 Å². The maximum atomic E-state index is 12.3. The van der Waals surface area contributed by atoms with E-state index in [0.29, 0.717) is 5.56 Å². The number of aromatic nitrogens is 1. The van der Waals surface area contributed by atoms with Crippen molar-refractivity contribution in [2.45, 2.75) is 33.0 Å². The number of cyclic esters (lactones) is 1. The maximum absolute atomic E-state index is 12.3. The van der Waals surface area contributed by atoms with Gasteiger partial charge in [0, 0.05) is 11.8 Å². The Kier molecular flexibility index (Phi) is 3.28. The molecule has 0 N–H and O–H groups in total. The number of esters is 1. The monoisotopic (exact) mass is 299 g/mol. The third-order valence-corrected chi connectivity index (χ3v) is 3.32. The summed E-state index contributed by atoms with van der Waals surface area (Å²) in [5.41, 5.74) is 2.42. The van der Waals surface area contributed by atoms with Crippen molar-refractivity contribution < 1.29 is 19.1 Å². The molecule has 2 aromatic rings. The molecule has 0 fully saturated rings. The van der Waals surface area contributed by atoms with Gasteiger partial charge in [-0.25, -0.2) is 9.59 Å². The predicted molar refractivity (Wildman–Crippen MR) is 80.6 cm³/mol. The van der Waals surface area contributed by atoms with Gasteiger partial charge in [0.15, 0.2) is 0 Å². The Bertz CT molecular complexity index is 752. The minimum absolute atomic E-state index is 0.273. The third kappa shape index (κ3) is 2.62. The van der Waals surface area contributed by atoms with Gasteiger partial charge >= 0.3 is 12.1 Å². The molecule has 0 radical (unpaired) electrons. The molecule has 0 saturated carbocycles. The van der Waals surface area contributed by atoms with Gasteiger partial charge in [-0.1, -0.05) is 6.07 Å². The highest BCUT2D eigenvalue weighted by molar-refractivity contribution is 5.94. The summed E-state index contributed by atoms with van der Waals surface area (Å²) in [7, 11) is 0. The van der Waals surface area contributed by atoms with Crippen LogP contribution in [-0.4, -0.2) is 22.2 Å². The van der Waals surface area contributed by atoms with Crippen molar-refractivity contribution in [1.29, 1.82) is 0 Å². The van der Waals surface area contributed by atoms with Crippen LogP contribution in [0.15, 0.2) is 36.5 Å². The van der Waals surface area contributed by atoms with Crippen molar-refractivity contribution in [3.8, 4) is 11.3 Å². The fourth-order valence-corrected chi connectivity index (χ4v) is 2.38. The Morgan fingerprint density at radius 1 is 1.27 bits per heavy atom. The standard InChI is InChI=1S/C17H17NO4/c1-17(2,3)22-16(20)18-8-4-5-14(18)11-6-7-13-12(9-11)10-21-15(13)19/h4-9H,10H2,1-3H3. The number of rotatable bonds is 1. The summed E-state index contributed by atoms with van der Waals surface area (Å²) in [5, 5.41) is 0. The topological polar surface area (TPSA) is 57.5 Å². The van der Waals surface area contributed by atoms with E-state index < -0.39 is 11.7 Å².